The molecule has 124 valence electrons. The largest absolute Gasteiger partial charge is 0.493 e. The number of nitrogens with two attached hydrogens (primary N) is 1. The molecule has 1 aromatic heterocycles. The van der Waals surface area contributed by atoms with E-state index in [2.05, 4.69) is 53.8 Å². The number of hydrogen-bond acceptors (Lipinski definition) is 3. The molecule has 1 aromatic carbocycles. The van der Waals surface area contributed by atoms with E-state index in [1.54, 1.807) is 11.3 Å². The van der Waals surface area contributed by atoms with E-state index >= 15 is 0 Å². The molecule has 5 heteroatoms. The third-order valence-corrected chi connectivity index (χ3v) is 4.43. The van der Waals surface area contributed by atoms with E-state index in [0.29, 0.717) is 19.1 Å². The number of nitrogens with one attached hydrogen (secondary N) is 1. The lowest BCUT2D eigenvalue weighted by atomic mass is 10.1. The van der Waals surface area contributed by atoms with Gasteiger partial charge in [-0.3, -0.25) is 4.99 Å². The number of thiophene rings is 1. The number of guanidine groups is 1. The average Bonchev–Trinajstić information content (AvgIpc) is 3.03. The van der Waals surface area contributed by atoms with Crippen LogP contribution in [0.3, 0.4) is 0 Å². The fourth-order valence-electron chi connectivity index (χ4n) is 2.29. The van der Waals surface area contributed by atoms with Gasteiger partial charge in [0.2, 0.25) is 0 Å². The predicted octanol–water partition coefficient (Wildman–Crippen LogP) is 3.28. The molecule has 0 aliphatic carbocycles. The number of aryl methyl sites for hydroxylation is 2. The summed E-state index contributed by atoms with van der Waals surface area (Å²) in [6, 6.07) is 10.4. The van der Waals surface area contributed by atoms with Gasteiger partial charge in [-0.05, 0) is 42.8 Å². The zero-order valence-corrected chi connectivity index (χ0v) is 14.7. The highest BCUT2D eigenvalue weighted by Crippen LogP contribution is 2.22. The summed E-state index contributed by atoms with van der Waals surface area (Å²) in [5.41, 5.74) is 8.20. The van der Waals surface area contributed by atoms with Gasteiger partial charge in [0.15, 0.2) is 5.96 Å². The molecule has 2 aromatic rings. The molecule has 3 N–H and O–H groups in total. The van der Waals surface area contributed by atoms with Crippen molar-refractivity contribution in [3.63, 3.8) is 0 Å². The number of para-hydroxylation sites is 1. The lowest BCUT2D eigenvalue weighted by Gasteiger charge is -2.11. The van der Waals surface area contributed by atoms with E-state index in [-0.39, 0.29) is 0 Å². The van der Waals surface area contributed by atoms with E-state index in [9.17, 15) is 0 Å². The van der Waals surface area contributed by atoms with Crippen molar-refractivity contribution in [3.05, 3.63) is 51.7 Å². The SMILES string of the molecule is Cc1cccc(C)c1OCCCN=C(N)NCCc1cccs1. The summed E-state index contributed by atoms with van der Waals surface area (Å²) in [5.74, 6) is 1.49. The molecule has 0 atom stereocenters. The molecule has 2 rings (SSSR count). The Morgan fingerprint density at radius 2 is 2.00 bits per heavy atom. The standard InChI is InChI=1S/C18H25N3OS/c1-14-6-3-7-15(2)17(14)22-12-5-10-20-18(19)21-11-9-16-8-4-13-23-16/h3-4,6-8,13H,5,9-12H2,1-2H3,(H3,19,20,21). The lowest BCUT2D eigenvalue weighted by molar-refractivity contribution is 0.309. The van der Waals surface area contributed by atoms with E-state index in [0.717, 1.165) is 25.1 Å². The van der Waals surface area contributed by atoms with Gasteiger partial charge in [-0.1, -0.05) is 24.3 Å². The summed E-state index contributed by atoms with van der Waals surface area (Å²) in [7, 11) is 0. The average molecular weight is 331 g/mol. The van der Waals surface area contributed by atoms with Crippen LogP contribution in [-0.4, -0.2) is 25.7 Å². The first kappa shape index (κ1) is 17.3. The quantitative estimate of drug-likeness (QED) is 0.443. The first-order valence-corrected chi connectivity index (χ1v) is 8.80. The van der Waals surface area contributed by atoms with Crippen LogP contribution in [0.5, 0.6) is 5.75 Å². The summed E-state index contributed by atoms with van der Waals surface area (Å²) < 4.78 is 5.85. The maximum atomic E-state index is 5.86. The van der Waals surface area contributed by atoms with E-state index in [1.165, 1.54) is 16.0 Å². The minimum Gasteiger partial charge on any atom is -0.493 e. The van der Waals surface area contributed by atoms with Gasteiger partial charge in [0.1, 0.15) is 5.75 Å². The monoisotopic (exact) mass is 331 g/mol. The number of rotatable bonds is 8. The first-order valence-electron chi connectivity index (χ1n) is 7.92. The number of aliphatic imine (C=N–C) groups is 1. The van der Waals surface area contributed by atoms with Crippen molar-refractivity contribution >= 4 is 17.3 Å². The maximum absolute atomic E-state index is 5.86. The van der Waals surface area contributed by atoms with Crippen molar-refractivity contribution in [2.75, 3.05) is 19.7 Å². The second-order valence-corrected chi connectivity index (χ2v) is 6.48. The highest BCUT2D eigenvalue weighted by molar-refractivity contribution is 7.09. The van der Waals surface area contributed by atoms with Gasteiger partial charge >= 0.3 is 0 Å². The highest BCUT2D eigenvalue weighted by atomic mass is 32.1. The second-order valence-electron chi connectivity index (χ2n) is 5.45. The highest BCUT2D eigenvalue weighted by Gasteiger charge is 2.02. The van der Waals surface area contributed by atoms with E-state index in [1.807, 2.05) is 6.07 Å². The summed E-state index contributed by atoms with van der Waals surface area (Å²) in [6.45, 7) is 6.27. The minimum absolute atomic E-state index is 0.508. The molecular formula is C18H25N3OS. The van der Waals surface area contributed by atoms with Crippen molar-refractivity contribution in [2.24, 2.45) is 10.7 Å². The van der Waals surface area contributed by atoms with Crippen LogP contribution in [0.2, 0.25) is 0 Å². The van der Waals surface area contributed by atoms with E-state index < -0.39 is 0 Å². The van der Waals surface area contributed by atoms with Crippen molar-refractivity contribution in [1.29, 1.82) is 0 Å². The molecule has 0 aliphatic rings. The van der Waals surface area contributed by atoms with Gasteiger partial charge in [-0.2, -0.15) is 0 Å². The molecule has 23 heavy (non-hydrogen) atoms. The zero-order chi connectivity index (χ0) is 16.5. The fourth-order valence-corrected chi connectivity index (χ4v) is 3.00. The van der Waals surface area contributed by atoms with Gasteiger partial charge in [-0.15, -0.1) is 11.3 Å². The van der Waals surface area contributed by atoms with Gasteiger partial charge in [0.25, 0.3) is 0 Å². The summed E-state index contributed by atoms with van der Waals surface area (Å²) in [4.78, 5) is 5.68. The number of benzene rings is 1. The first-order chi connectivity index (χ1) is 11.2. The Balaban J connectivity index is 1.62. The van der Waals surface area contributed by atoms with Crippen LogP contribution in [0.4, 0.5) is 0 Å². The Morgan fingerprint density at radius 3 is 2.70 bits per heavy atom. The molecule has 0 fully saturated rings. The Bertz CT molecular complexity index is 603. The molecule has 4 nitrogen and oxygen atoms in total. The van der Waals surface area contributed by atoms with Crippen molar-refractivity contribution in [2.45, 2.75) is 26.7 Å². The van der Waals surface area contributed by atoms with Crippen LogP contribution in [0, 0.1) is 13.8 Å². The molecule has 0 aliphatic heterocycles. The van der Waals surface area contributed by atoms with Gasteiger partial charge < -0.3 is 15.8 Å². The Kier molecular flexibility index (Phi) is 6.94. The molecule has 0 amide bonds. The Morgan fingerprint density at radius 1 is 1.22 bits per heavy atom. The van der Waals surface area contributed by atoms with Crippen LogP contribution in [0.15, 0.2) is 40.7 Å². The van der Waals surface area contributed by atoms with Crippen molar-refractivity contribution in [1.82, 2.24) is 5.32 Å². The molecule has 0 unspecified atom stereocenters. The summed E-state index contributed by atoms with van der Waals surface area (Å²) >= 11 is 1.76. The Labute approximate surface area is 142 Å². The fraction of sp³-hybridized carbons (Fsp3) is 0.389. The number of hydrogen-bond donors (Lipinski definition) is 2. The molecule has 0 saturated carbocycles. The summed E-state index contributed by atoms with van der Waals surface area (Å²) in [6.07, 6.45) is 1.82. The predicted molar refractivity (Wildman–Crippen MR) is 98.5 cm³/mol. The summed E-state index contributed by atoms with van der Waals surface area (Å²) in [5, 5.41) is 5.23. The Hall–Kier alpha value is -2.01. The van der Waals surface area contributed by atoms with E-state index in [4.69, 9.17) is 10.5 Å². The van der Waals surface area contributed by atoms with Gasteiger partial charge in [0.05, 0.1) is 6.61 Å². The molecule has 0 radical (unpaired) electrons. The normalized spacial score (nSPS) is 11.5. The van der Waals surface area contributed by atoms with Gasteiger partial charge in [0, 0.05) is 24.4 Å². The smallest absolute Gasteiger partial charge is 0.188 e. The van der Waals surface area contributed by atoms with Crippen LogP contribution in [0.25, 0.3) is 0 Å². The zero-order valence-electron chi connectivity index (χ0n) is 13.8. The maximum Gasteiger partial charge on any atom is 0.188 e. The topological polar surface area (TPSA) is 59.6 Å². The van der Waals surface area contributed by atoms with Crippen LogP contribution >= 0.6 is 11.3 Å². The van der Waals surface area contributed by atoms with Crippen LogP contribution in [0.1, 0.15) is 22.4 Å². The molecule has 1 heterocycles. The minimum atomic E-state index is 0.508. The third kappa shape index (κ3) is 5.94. The van der Waals surface area contributed by atoms with Crippen LogP contribution < -0.4 is 15.8 Å². The molecular weight excluding hydrogens is 306 g/mol. The van der Waals surface area contributed by atoms with Gasteiger partial charge in [-0.25, -0.2) is 0 Å². The molecule has 0 saturated heterocycles. The molecule has 0 spiro atoms. The lowest BCUT2D eigenvalue weighted by Crippen LogP contribution is -2.33. The third-order valence-electron chi connectivity index (χ3n) is 3.50. The molecule has 0 bridgehead atoms. The van der Waals surface area contributed by atoms with Crippen molar-refractivity contribution < 1.29 is 4.74 Å². The second kappa shape index (κ2) is 9.20. The number of ether oxygens (including phenoxy) is 1. The number of nitrogens with zero attached hydrogens (tertiary/aromatic N) is 1. The van der Waals surface area contributed by atoms with Crippen molar-refractivity contribution in [3.8, 4) is 5.75 Å². The van der Waals surface area contributed by atoms with Crippen LogP contribution in [-0.2, 0) is 6.42 Å².